The van der Waals surface area contributed by atoms with E-state index in [1.54, 1.807) is 6.92 Å². The molecular formula is C17H26N2O3S. The number of likely N-dealkylation sites (tertiary alicyclic amines) is 1. The van der Waals surface area contributed by atoms with E-state index in [9.17, 15) is 14.7 Å². The zero-order chi connectivity index (χ0) is 17.0. The zero-order valence-corrected chi connectivity index (χ0v) is 14.9. The molecule has 1 aliphatic heterocycles. The van der Waals surface area contributed by atoms with Gasteiger partial charge >= 0.3 is 0 Å². The van der Waals surface area contributed by atoms with E-state index < -0.39 is 5.60 Å². The smallest absolute Gasteiger partial charge is 0.225 e. The molecule has 2 heterocycles. The third-order valence-electron chi connectivity index (χ3n) is 4.52. The fourth-order valence-corrected chi connectivity index (χ4v) is 3.77. The van der Waals surface area contributed by atoms with Crippen LogP contribution >= 0.6 is 11.3 Å². The van der Waals surface area contributed by atoms with Gasteiger partial charge in [-0.1, -0.05) is 13.3 Å². The van der Waals surface area contributed by atoms with Gasteiger partial charge in [-0.15, -0.1) is 0 Å². The number of thiophene rings is 1. The van der Waals surface area contributed by atoms with Gasteiger partial charge in [0.1, 0.15) is 5.60 Å². The summed E-state index contributed by atoms with van der Waals surface area (Å²) in [6, 6.07) is 2.03. The van der Waals surface area contributed by atoms with Crippen LogP contribution in [-0.4, -0.2) is 41.0 Å². The molecule has 1 fully saturated rings. The van der Waals surface area contributed by atoms with Crippen molar-refractivity contribution in [2.24, 2.45) is 5.92 Å². The Morgan fingerprint density at radius 2 is 2.35 bits per heavy atom. The maximum Gasteiger partial charge on any atom is 0.225 e. The SMILES string of the molecule is CCCC(C)N1CC(C(=O)NCC(C)(O)c2ccsc2)CC1=O. The minimum Gasteiger partial charge on any atom is -0.384 e. The van der Waals surface area contributed by atoms with E-state index in [0.29, 0.717) is 6.54 Å². The van der Waals surface area contributed by atoms with Gasteiger partial charge in [0.25, 0.3) is 0 Å². The molecule has 3 unspecified atom stereocenters. The van der Waals surface area contributed by atoms with E-state index in [1.807, 2.05) is 28.7 Å². The molecule has 1 aliphatic rings. The third-order valence-corrected chi connectivity index (χ3v) is 5.20. The number of aliphatic hydroxyl groups is 1. The number of hydrogen-bond acceptors (Lipinski definition) is 4. The van der Waals surface area contributed by atoms with Crippen molar-refractivity contribution in [2.75, 3.05) is 13.1 Å². The van der Waals surface area contributed by atoms with E-state index in [0.717, 1.165) is 18.4 Å². The normalized spacial score (nSPS) is 22.0. The van der Waals surface area contributed by atoms with Crippen LogP contribution in [-0.2, 0) is 15.2 Å². The Labute approximate surface area is 141 Å². The molecular weight excluding hydrogens is 312 g/mol. The Morgan fingerprint density at radius 3 is 2.96 bits per heavy atom. The Morgan fingerprint density at radius 1 is 1.61 bits per heavy atom. The summed E-state index contributed by atoms with van der Waals surface area (Å²) in [5, 5.41) is 17.0. The highest BCUT2D eigenvalue weighted by molar-refractivity contribution is 7.08. The van der Waals surface area contributed by atoms with Crippen LogP contribution in [0.3, 0.4) is 0 Å². The molecule has 0 spiro atoms. The molecule has 6 heteroatoms. The average molecular weight is 338 g/mol. The van der Waals surface area contributed by atoms with Crippen LogP contribution in [0.2, 0.25) is 0 Å². The molecule has 2 N–H and O–H groups in total. The van der Waals surface area contributed by atoms with Crippen molar-refractivity contribution in [3.05, 3.63) is 22.4 Å². The summed E-state index contributed by atoms with van der Waals surface area (Å²) in [6.45, 7) is 6.44. The minimum absolute atomic E-state index is 0.0516. The van der Waals surface area contributed by atoms with Crippen LogP contribution in [0.5, 0.6) is 0 Å². The van der Waals surface area contributed by atoms with Gasteiger partial charge in [0, 0.05) is 19.0 Å². The lowest BCUT2D eigenvalue weighted by Crippen LogP contribution is -2.42. The molecule has 5 nitrogen and oxygen atoms in total. The second kappa shape index (κ2) is 7.45. The van der Waals surface area contributed by atoms with Gasteiger partial charge < -0.3 is 15.3 Å². The Kier molecular flexibility index (Phi) is 5.81. The molecule has 2 amide bonds. The Balaban J connectivity index is 1.88. The molecule has 0 bridgehead atoms. The van der Waals surface area contributed by atoms with Gasteiger partial charge in [0.2, 0.25) is 11.8 Å². The maximum atomic E-state index is 12.3. The molecule has 3 atom stereocenters. The predicted octanol–water partition coefficient (Wildman–Crippen LogP) is 2.11. The summed E-state index contributed by atoms with van der Waals surface area (Å²) in [5.41, 5.74) is -0.295. The van der Waals surface area contributed by atoms with Crippen molar-refractivity contribution in [3.8, 4) is 0 Å². The number of carbonyl (C=O) groups is 2. The first kappa shape index (κ1) is 17.9. The Bertz CT molecular complexity index is 542. The van der Waals surface area contributed by atoms with Gasteiger partial charge in [-0.05, 0) is 42.7 Å². The summed E-state index contributed by atoms with van der Waals surface area (Å²) in [4.78, 5) is 26.2. The molecule has 1 saturated heterocycles. The van der Waals surface area contributed by atoms with Gasteiger partial charge in [-0.2, -0.15) is 11.3 Å². The first-order valence-electron chi connectivity index (χ1n) is 8.17. The summed E-state index contributed by atoms with van der Waals surface area (Å²) in [5.74, 6) is -0.421. The van der Waals surface area contributed by atoms with E-state index in [4.69, 9.17) is 0 Å². The lowest BCUT2D eigenvalue weighted by Gasteiger charge is -2.25. The fraction of sp³-hybridized carbons (Fsp3) is 0.647. The molecule has 0 aromatic carbocycles. The fourth-order valence-electron chi connectivity index (χ4n) is 2.98. The van der Waals surface area contributed by atoms with Crippen molar-refractivity contribution in [1.29, 1.82) is 0 Å². The highest BCUT2D eigenvalue weighted by atomic mass is 32.1. The summed E-state index contributed by atoms with van der Waals surface area (Å²) >= 11 is 1.51. The van der Waals surface area contributed by atoms with Gasteiger partial charge in [0.05, 0.1) is 12.5 Å². The first-order chi connectivity index (χ1) is 10.8. The van der Waals surface area contributed by atoms with Crippen molar-refractivity contribution >= 4 is 23.2 Å². The average Bonchev–Trinajstić information content (AvgIpc) is 3.14. The minimum atomic E-state index is -1.09. The van der Waals surface area contributed by atoms with Crippen LogP contribution in [0.4, 0.5) is 0 Å². The highest BCUT2D eigenvalue weighted by Gasteiger charge is 2.37. The molecule has 0 saturated carbocycles. The van der Waals surface area contributed by atoms with Crippen LogP contribution in [0.1, 0.15) is 45.6 Å². The highest BCUT2D eigenvalue weighted by Crippen LogP contribution is 2.24. The quantitative estimate of drug-likeness (QED) is 0.800. The van der Waals surface area contributed by atoms with E-state index >= 15 is 0 Å². The first-order valence-corrected chi connectivity index (χ1v) is 9.11. The van der Waals surface area contributed by atoms with Crippen LogP contribution in [0.15, 0.2) is 16.8 Å². The number of nitrogens with zero attached hydrogens (tertiary/aromatic N) is 1. The van der Waals surface area contributed by atoms with E-state index in [1.165, 1.54) is 11.3 Å². The topological polar surface area (TPSA) is 69.6 Å². The maximum absolute atomic E-state index is 12.3. The number of rotatable bonds is 7. The monoisotopic (exact) mass is 338 g/mol. The van der Waals surface area contributed by atoms with Crippen LogP contribution in [0, 0.1) is 5.92 Å². The second-order valence-corrected chi connectivity index (χ2v) is 7.37. The van der Waals surface area contributed by atoms with Crippen molar-refractivity contribution in [1.82, 2.24) is 10.2 Å². The number of nitrogens with one attached hydrogen (secondary N) is 1. The van der Waals surface area contributed by atoms with Crippen LogP contribution in [0.25, 0.3) is 0 Å². The zero-order valence-electron chi connectivity index (χ0n) is 14.0. The molecule has 2 rings (SSSR count). The second-order valence-electron chi connectivity index (χ2n) is 6.59. The lowest BCUT2D eigenvalue weighted by atomic mass is 9.98. The molecule has 0 radical (unpaired) electrons. The van der Waals surface area contributed by atoms with Gasteiger partial charge in [0.15, 0.2) is 0 Å². The molecule has 128 valence electrons. The number of carbonyl (C=O) groups excluding carboxylic acids is 2. The van der Waals surface area contributed by atoms with Crippen molar-refractivity contribution in [2.45, 2.75) is 51.7 Å². The Hall–Kier alpha value is -1.40. The largest absolute Gasteiger partial charge is 0.384 e. The number of hydrogen-bond donors (Lipinski definition) is 2. The van der Waals surface area contributed by atoms with Crippen LogP contribution < -0.4 is 5.32 Å². The third kappa shape index (κ3) is 4.32. The van der Waals surface area contributed by atoms with Crippen molar-refractivity contribution < 1.29 is 14.7 Å². The molecule has 1 aromatic rings. The number of amides is 2. The molecule has 1 aromatic heterocycles. The standard InChI is InChI=1S/C17H26N2O3S/c1-4-5-12(2)19-9-13(8-15(19)20)16(21)18-11-17(3,22)14-6-7-23-10-14/h6-7,10,12-13,22H,4-5,8-9,11H2,1-3H3,(H,18,21). The van der Waals surface area contributed by atoms with Gasteiger partial charge in [-0.25, -0.2) is 0 Å². The molecule has 23 heavy (non-hydrogen) atoms. The summed E-state index contributed by atoms with van der Waals surface area (Å²) in [6.07, 6.45) is 2.23. The predicted molar refractivity (Wildman–Crippen MR) is 91.1 cm³/mol. The van der Waals surface area contributed by atoms with Gasteiger partial charge in [-0.3, -0.25) is 9.59 Å². The summed E-state index contributed by atoms with van der Waals surface area (Å²) < 4.78 is 0. The van der Waals surface area contributed by atoms with Crippen molar-refractivity contribution in [3.63, 3.8) is 0 Å². The van der Waals surface area contributed by atoms with E-state index in [2.05, 4.69) is 12.2 Å². The molecule has 0 aliphatic carbocycles. The summed E-state index contributed by atoms with van der Waals surface area (Å²) in [7, 11) is 0. The van der Waals surface area contributed by atoms with E-state index in [-0.39, 0.29) is 36.7 Å². The lowest BCUT2D eigenvalue weighted by molar-refractivity contribution is -0.130.